The second-order valence-corrected chi connectivity index (χ2v) is 8.23. The number of pyridine rings is 1. The summed E-state index contributed by atoms with van der Waals surface area (Å²) in [4.78, 5) is 28.3. The van der Waals surface area contributed by atoms with Gasteiger partial charge in [-0.2, -0.15) is 5.10 Å². The lowest BCUT2D eigenvalue weighted by molar-refractivity contribution is 0.0947. The van der Waals surface area contributed by atoms with E-state index in [2.05, 4.69) is 39.6 Å². The topological polar surface area (TPSA) is 81.4 Å². The number of carbonyl (C=O) groups excluding carboxylic acids is 1. The molecule has 1 aliphatic heterocycles. The van der Waals surface area contributed by atoms with E-state index in [1.807, 2.05) is 23.0 Å². The highest BCUT2D eigenvalue weighted by Crippen LogP contribution is 2.23. The van der Waals surface area contributed by atoms with E-state index in [0.29, 0.717) is 30.8 Å². The molecule has 3 aromatic rings. The number of rotatable bonds is 9. The molecule has 2 aromatic heterocycles. The van der Waals surface area contributed by atoms with E-state index in [1.54, 1.807) is 10.8 Å². The minimum atomic E-state index is -0.200. The molecular weight excluding hydrogens is 418 g/mol. The molecule has 8 nitrogen and oxygen atoms in total. The van der Waals surface area contributed by atoms with Gasteiger partial charge in [-0.3, -0.25) is 14.3 Å². The van der Waals surface area contributed by atoms with E-state index in [0.717, 1.165) is 44.7 Å². The van der Waals surface area contributed by atoms with Gasteiger partial charge >= 0.3 is 0 Å². The van der Waals surface area contributed by atoms with Crippen molar-refractivity contribution in [2.24, 2.45) is 0 Å². The molecule has 33 heavy (non-hydrogen) atoms. The molecule has 0 unspecified atom stereocenters. The molecule has 0 saturated heterocycles. The fourth-order valence-electron chi connectivity index (χ4n) is 4.32. The molecule has 0 fully saturated rings. The number of nitrogens with one attached hydrogen (secondary N) is 1. The number of carbonyl (C=O) groups is 1. The molecule has 8 heteroatoms. The molecule has 4 rings (SSSR count). The summed E-state index contributed by atoms with van der Waals surface area (Å²) in [6, 6.07) is 13.7. The summed E-state index contributed by atoms with van der Waals surface area (Å²) in [6.07, 6.45) is 5.98. The van der Waals surface area contributed by atoms with Crippen molar-refractivity contribution in [2.45, 2.75) is 32.4 Å². The third-order valence-corrected chi connectivity index (χ3v) is 6.10. The monoisotopic (exact) mass is 449 g/mol. The summed E-state index contributed by atoms with van der Waals surface area (Å²) >= 11 is 0. The SMILES string of the molecule is COc1cc(=O)n2c(c1C(=O)NCCCn1cccn1)CCN(CCc1ccccc1)CC2. The van der Waals surface area contributed by atoms with Gasteiger partial charge in [-0.1, -0.05) is 30.3 Å². The van der Waals surface area contributed by atoms with Gasteiger partial charge in [0.25, 0.3) is 11.5 Å². The summed E-state index contributed by atoms with van der Waals surface area (Å²) in [5.74, 6) is 0.141. The van der Waals surface area contributed by atoms with E-state index in [-0.39, 0.29) is 11.5 Å². The largest absolute Gasteiger partial charge is 0.496 e. The van der Waals surface area contributed by atoms with Gasteiger partial charge in [0, 0.05) is 69.8 Å². The zero-order valence-corrected chi connectivity index (χ0v) is 19.1. The van der Waals surface area contributed by atoms with E-state index >= 15 is 0 Å². The van der Waals surface area contributed by atoms with Crippen molar-refractivity contribution in [1.29, 1.82) is 0 Å². The molecule has 1 amide bonds. The maximum atomic E-state index is 13.1. The molecule has 174 valence electrons. The van der Waals surface area contributed by atoms with Gasteiger partial charge in [0.1, 0.15) is 11.3 Å². The Morgan fingerprint density at radius 3 is 2.73 bits per heavy atom. The quantitative estimate of drug-likeness (QED) is 0.505. The molecule has 1 aromatic carbocycles. The van der Waals surface area contributed by atoms with Gasteiger partial charge in [0.15, 0.2) is 0 Å². The third kappa shape index (κ3) is 5.70. The van der Waals surface area contributed by atoms with Crippen LogP contribution in [0.2, 0.25) is 0 Å². The van der Waals surface area contributed by atoms with Gasteiger partial charge in [-0.15, -0.1) is 0 Å². The Morgan fingerprint density at radius 2 is 1.97 bits per heavy atom. The number of aryl methyl sites for hydroxylation is 1. The maximum absolute atomic E-state index is 13.1. The third-order valence-electron chi connectivity index (χ3n) is 6.10. The predicted octanol–water partition coefficient (Wildman–Crippen LogP) is 1.97. The number of hydrogen-bond donors (Lipinski definition) is 1. The van der Waals surface area contributed by atoms with E-state index in [1.165, 1.54) is 18.7 Å². The van der Waals surface area contributed by atoms with Crippen LogP contribution in [0.4, 0.5) is 0 Å². The average Bonchev–Trinajstić information content (AvgIpc) is 3.26. The first-order valence-corrected chi connectivity index (χ1v) is 11.5. The second-order valence-electron chi connectivity index (χ2n) is 8.23. The molecule has 0 spiro atoms. The van der Waals surface area contributed by atoms with Crippen LogP contribution in [0.5, 0.6) is 5.75 Å². The summed E-state index contributed by atoms with van der Waals surface area (Å²) < 4.78 is 9.03. The lowest BCUT2D eigenvalue weighted by Crippen LogP contribution is -2.32. The molecule has 0 radical (unpaired) electrons. The van der Waals surface area contributed by atoms with Gasteiger partial charge in [0.05, 0.1) is 7.11 Å². The summed E-state index contributed by atoms with van der Waals surface area (Å²) in [5.41, 5.74) is 2.41. The molecule has 0 atom stereocenters. The van der Waals surface area contributed by atoms with Crippen molar-refractivity contribution in [1.82, 2.24) is 24.6 Å². The first kappa shape index (κ1) is 22.8. The van der Waals surface area contributed by atoms with Gasteiger partial charge in [-0.25, -0.2) is 0 Å². The first-order chi connectivity index (χ1) is 16.2. The maximum Gasteiger partial charge on any atom is 0.256 e. The van der Waals surface area contributed by atoms with E-state index in [4.69, 9.17) is 4.74 Å². The molecule has 0 saturated carbocycles. The number of fused-ring (bicyclic) bond motifs is 1. The zero-order chi connectivity index (χ0) is 23.0. The minimum absolute atomic E-state index is 0.123. The number of benzene rings is 1. The Labute approximate surface area is 193 Å². The first-order valence-electron chi connectivity index (χ1n) is 11.5. The Balaban J connectivity index is 1.44. The highest BCUT2D eigenvalue weighted by molar-refractivity contribution is 5.98. The van der Waals surface area contributed by atoms with Crippen LogP contribution in [0.15, 0.2) is 59.7 Å². The highest BCUT2D eigenvalue weighted by atomic mass is 16.5. The number of amides is 1. The van der Waals surface area contributed by atoms with Crippen LogP contribution in [0.3, 0.4) is 0 Å². The van der Waals surface area contributed by atoms with Gasteiger partial charge in [-0.05, 0) is 24.5 Å². The molecule has 1 N–H and O–H groups in total. The predicted molar refractivity (Wildman–Crippen MR) is 127 cm³/mol. The van der Waals surface area contributed by atoms with Crippen LogP contribution in [0.1, 0.15) is 28.0 Å². The van der Waals surface area contributed by atoms with E-state index in [9.17, 15) is 9.59 Å². The van der Waals surface area contributed by atoms with Crippen molar-refractivity contribution >= 4 is 5.91 Å². The summed E-state index contributed by atoms with van der Waals surface area (Å²) in [6.45, 7) is 4.29. The molecule has 3 heterocycles. The molecule has 0 bridgehead atoms. The average molecular weight is 450 g/mol. The van der Waals surface area contributed by atoms with E-state index < -0.39 is 0 Å². The lowest BCUT2D eigenvalue weighted by atomic mass is 10.1. The zero-order valence-electron chi connectivity index (χ0n) is 19.1. The Kier molecular flexibility index (Phi) is 7.57. The van der Waals surface area contributed by atoms with Crippen molar-refractivity contribution in [3.63, 3.8) is 0 Å². The van der Waals surface area contributed by atoms with Crippen LogP contribution in [0, 0.1) is 0 Å². The van der Waals surface area contributed by atoms with Crippen LogP contribution in [-0.2, 0) is 25.9 Å². The number of nitrogens with zero attached hydrogens (tertiary/aromatic N) is 4. The van der Waals surface area contributed by atoms with Crippen molar-refractivity contribution < 1.29 is 9.53 Å². The standard InChI is InChI=1S/C25H31N5O3/c1-33-22-19-23(31)30-18-17-28(15-9-20-7-3-2-4-8-20)16-10-21(30)24(22)25(32)26-11-5-13-29-14-6-12-27-29/h2-4,6-8,12,14,19H,5,9-11,13,15-18H2,1H3,(H,26,32). The fraction of sp³-hybridized carbons (Fsp3) is 0.400. The smallest absolute Gasteiger partial charge is 0.256 e. The number of ether oxygens (including phenoxy) is 1. The van der Waals surface area contributed by atoms with Crippen LogP contribution >= 0.6 is 0 Å². The minimum Gasteiger partial charge on any atom is -0.496 e. The molecule has 0 aliphatic carbocycles. The molecular formula is C25H31N5O3. The lowest BCUT2D eigenvalue weighted by Gasteiger charge is -2.19. The Hall–Kier alpha value is -3.39. The summed E-state index contributed by atoms with van der Waals surface area (Å²) in [5, 5.41) is 7.17. The van der Waals surface area contributed by atoms with Crippen molar-refractivity contribution in [3.05, 3.63) is 82.0 Å². The van der Waals surface area contributed by atoms with Gasteiger partial charge in [0.2, 0.25) is 0 Å². The molecule has 1 aliphatic rings. The van der Waals surface area contributed by atoms with Crippen molar-refractivity contribution in [2.75, 3.05) is 33.3 Å². The number of hydrogen-bond acceptors (Lipinski definition) is 5. The normalized spacial score (nSPS) is 13.8. The van der Waals surface area contributed by atoms with Crippen molar-refractivity contribution in [3.8, 4) is 5.75 Å². The van der Waals surface area contributed by atoms with Crippen LogP contribution in [-0.4, -0.2) is 58.4 Å². The second kappa shape index (κ2) is 11.0. The Morgan fingerprint density at radius 1 is 1.12 bits per heavy atom. The summed E-state index contributed by atoms with van der Waals surface area (Å²) in [7, 11) is 1.50. The number of methoxy groups -OCH3 is 1. The van der Waals surface area contributed by atoms with Crippen LogP contribution in [0.25, 0.3) is 0 Å². The fourth-order valence-corrected chi connectivity index (χ4v) is 4.32. The Bertz CT molecular complexity index is 1110. The number of aromatic nitrogens is 3. The highest BCUT2D eigenvalue weighted by Gasteiger charge is 2.25. The van der Waals surface area contributed by atoms with Gasteiger partial charge < -0.3 is 19.5 Å². The van der Waals surface area contributed by atoms with Crippen LogP contribution < -0.4 is 15.6 Å².